The summed E-state index contributed by atoms with van der Waals surface area (Å²) in [5.41, 5.74) is 2.90. The minimum Gasteiger partial charge on any atom is -0.369 e. The second-order valence-corrected chi connectivity index (χ2v) is 5.51. The lowest BCUT2D eigenvalue weighted by Gasteiger charge is -2.22. The predicted octanol–water partition coefficient (Wildman–Crippen LogP) is 3.77. The molecule has 1 aromatic rings. The Morgan fingerprint density at radius 3 is 2.39 bits per heavy atom. The number of hydrogen-bond acceptors (Lipinski definition) is 2. The minimum atomic E-state index is 0.685. The molecule has 1 aliphatic rings. The zero-order valence-electron chi connectivity index (χ0n) is 11.7. The van der Waals surface area contributed by atoms with E-state index in [1.54, 1.807) is 7.11 Å². The van der Waals surface area contributed by atoms with Gasteiger partial charge in [0.05, 0.1) is 6.73 Å². The molecule has 2 nitrogen and oxygen atoms in total. The maximum atomic E-state index is 5.12. The molecule has 0 amide bonds. The van der Waals surface area contributed by atoms with E-state index in [1.165, 1.54) is 43.2 Å². The third-order valence-corrected chi connectivity index (χ3v) is 3.86. The molecule has 100 valence electrons. The minimum absolute atomic E-state index is 0.685. The van der Waals surface area contributed by atoms with E-state index < -0.39 is 0 Å². The number of rotatable bonds is 5. The van der Waals surface area contributed by atoms with E-state index in [1.807, 2.05) is 0 Å². The van der Waals surface area contributed by atoms with Crippen molar-refractivity contribution in [2.24, 2.45) is 0 Å². The van der Waals surface area contributed by atoms with Crippen molar-refractivity contribution in [2.45, 2.75) is 44.6 Å². The third kappa shape index (κ3) is 3.82. The Kier molecular flexibility index (Phi) is 5.21. The maximum absolute atomic E-state index is 5.12. The summed E-state index contributed by atoms with van der Waals surface area (Å²) in [5.74, 6) is 0.810. The highest BCUT2D eigenvalue weighted by molar-refractivity contribution is 5.25. The van der Waals surface area contributed by atoms with Crippen LogP contribution >= 0.6 is 0 Å². The number of ether oxygens (including phenoxy) is 1. The van der Waals surface area contributed by atoms with Crippen LogP contribution in [0.4, 0.5) is 0 Å². The van der Waals surface area contributed by atoms with E-state index in [-0.39, 0.29) is 0 Å². The third-order valence-electron chi connectivity index (χ3n) is 3.86. The monoisotopic (exact) mass is 247 g/mol. The van der Waals surface area contributed by atoms with Crippen LogP contribution < -0.4 is 0 Å². The zero-order valence-corrected chi connectivity index (χ0v) is 11.7. The topological polar surface area (TPSA) is 12.5 Å². The number of nitrogens with zero attached hydrogens (tertiary/aromatic N) is 1. The highest BCUT2D eigenvalue weighted by Gasteiger charge is 2.15. The Hall–Kier alpha value is -0.860. The molecule has 2 rings (SSSR count). The summed E-state index contributed by atoms with van der Waals surface area (Å²) in [7, 11) is 3.82. The molecule has 0 aliphatic heterocycles. The SMILES string of the molecule is COCN(C)Cc1ccc(C2CCCCC2)cc1. The Labute approximate surface area is 111 Å². The highest BCUT2D eigenvalue weighted by atomic mass is 16.5. The number of methoxy groups -OCH3 is 1. The van der Waals surface area contributed by atoms with Crippen LogP contribution in [0.1, 0.15) is 49.1 Å². The van der Waals surface area contributed by atoms with Crippen LogP contribution in [0.15, 0.2) is 24.3 Å². The average molecular weight is 247 g/mol. The Bertz CT molecular complexity index is 341. The quantitative estimate of drug-likeness (QED) is 0.734. The van der Waals surface area contributed by atoms with Crippen LogP contribution in [-0.2, 0) is 11.3 Å². The van der Waals surface area contributed by atoms with Crippen molar-refractivity contribution >= 4 is 0 Å². The van der Waals surface area contributed by atoms with Gasteiger partial charge in [-0.25, -0.2) is 0 Å². The molecule has 18 heavy (non-hydrogen) atoms. The first-order valence-electron chi connectivity index (χ1n) is 7.06. The number of benzene rings is 1. The van der Waals surface area contributed by atoms with E-state index in [0.717, 1.165) is 12.5 Å². The van der Waals surface area contributed by atoms with E-state index in [0.29, 0.717) is 6.73 Å². The summed E-state index contributed by atoms with van der Waals surface area (Å²) in [6, 6.07) is 9.20. The Morgan fingerprint density at radius 2 is 1.78 bits per heavy atom. The molecule has 0 bridgehead atoms. The fourth-order valence-electron chi connectivity index (χ4n) is 2.91. The summed E-state index contributed by atoms with van der Waals surface area (Å²) in [6.07, 6.45) is 6.99. The first-order chi connectivity index (χ1) is 8.79. The summed E-state index contributed by atoms with van der Waals surface area (Å²) in [5, 5.41) is 0. The second kappa shape index (κ2) is 6.91. The molecule has 0 aromatic heterocycles. The van der Waals surface area contributed by atoms with Crippen molar-refractivity contribution in [3.63, 3.8) is 0 Å². The van der Waals surface area contributed by atoms with Gasteiger partial charge in [0.25, 0.3) is 0 Å². The van der Waals surface area contributed by atoms with Crippen LogP contribution in [0, 0.1) is 0 Å². The van der Waals surface area contributed by atoms with Gasteiger partial charge in [0.1, 0.15) is 0 Å². The van der Waals surface area contributed by atoms with Crippen LogP contribution in [0.5, 0.6) is 0 Å². The summed E-state index contributed by atoms with van der Waals surface area (Å²) in [4.78, 5) is 2.18. The molecule has 0 N–H and O–H groups in total. The molecule has 0 atom stereocenters. The fraction of sp³-hybridized carbons (Fsp3) is 0.625. The molecule has 2 heteroatoms. The van der Waals surface area contributed by atoms with Gasteiger partial charge < -0.3 is 4.74 Å². The zero-order chi connectivity index (χ0) is 12.8. The molecule has 1 fully saturated rings. The van der Waals surface area contributed by atoms with Crippen LogP contribution in [-0.4, -0.2) is 25.8 Å². The van der Waals surface area contributed by atoms with E-state index in [9.17, 15) is 0 Å². The largest absolute Gasteiger partial charge is 0.369 e. The molecule has 1 saturated carbocycles. The van der Waals surface area contributed by atoms with Gasteiger partial charge >= 0.3 is 0 Å². The van der Waals surface area contributed by atoms with Crippen molar-refractivity contribution < 1.29 is 4.74 Å². The van der Waals surface area contributed by atoms with Gasteiger partial charge in [-0.3, -0.25) is 4.90 Å². The molecular weight excluding hydrogens is 222 g/mol. The summed E-state index contributed by atoms with van der Waals surface area (Å²) in [6.45, 7) is 1.64. The molecule has 0 radical (unpaired) electrons. The molecule has 1 aliphatic carbocycles. The standard InChI is InChI=1S/C16H25NO/c1-17(13-18-2)12-14-8-10-16(11-9-14)15-6-4-3-5-7-15/h8-11,15H,3-7,12-13H2,1-2H3. The maximum Gasteiger partial charge on any atom is 0.0986 e. The normalized spacial score (nSPS) is 17.3. The lowest BCUT2D eigenvalue weighted by molar-refractivity contribution is 0.0771. The summed E-state index contributed by atoms with van der Waals surface area (Å²) >= 11 is 0. The number of hydrogen-bond donors (Lipinski definition) is 0. The van der Waals surface area contributed by atoms with Crippen molar-refractivity contribution in [2.75, 3.05) is 20.9 Å². The van der Waals surface area contributed by atoms with Gasteiger partial charge in [-0.1, -0.05) is 43.5 Å². The lowest BCUT2D eigenvalue weighted by Crippen LogP contribution is -2.20. The van der Waals surface area contributed by atoms with Gasteiger partial charge in [0, 0.05) is 13.7 Å². The van der Waals surface area contributed by atoms with Crippen molar-refractivity contribution in [1.82, 2.24) is 4.90 Å². The van der Waals surface area contributed by atoms with E-state index in [2.05, 4.69) is 36.2 Å². The fourth-order valence-corrected chi connectivity index (χ4v) is 2.91. The van der Waals surface area contributed by atoms with Gasteiger partial charge in [0.15, 0.2) is 0 Å². The van der Waals surface area contributed by atoms with Gasteiger partial charge in [-0.15, -0.1) is 0 Å². The lowest BCUT2D eigenvalue weighted by atomic mass is 9.84. The summed E-state index contributed by atoms with van der Waals surface area (Å²) < 4.78 is 5.12. The average Bonchev–Trinajstić information content (AvgIpc) is 2.41. The molecule has 0 saturated heterocycles. The molecule has 0 spiro atoms. The predicted molar refractivity (Wildman–Crippen MR) is 75.6 cm³/mol. The smallest absolute Gasteiger partial charge is 0.0986 e. The molecule has 0 heterocycles. The van der Waals surface area contributed by atoms with Gasteiger partial charge in [0.2, 0.25) is 0 Å². The van der Waals surface area contributed by atoms with E-state index >= 15 is 0 Å². The van der Waals surface area contributed by atoms with Crippen molar-refractivity contribution in [3.8, 4) is 0 Å². The first kappa shape index (κ1) is 13.6. The van der Waals surface area contributed by atoms with E-state index in [4.69, 9.17) is 4.74 Å². The highest BCUT2D eigenvalue weighted by Crippen LogP contribution is 2.32. The van der Waals surface area contributed by atoms with Gasteiger partial charge in [-0.05, 0) is 36.9 Å². The van der Waals surface area contributed by atoms with Crippen LogP contribution in [0.25, 0.3) is 0 Å². The molecular formula is C16H25NO. The van der Waals surface area contributed by atoms with Crippen LogP contribution in [0.2, 0.25) is 0 Å². The van der Waals surface area contributed by atoms with Gasteiger partial charge in [-0.2, -0.15) is 0 Å². The molecule has 1 aromatic carbocycles. The Balaban J connectivity index is 1.92. The molecule has 0 unspecified atom stereocenters. The first-order valence-corrected chi connectivity index (χ1v) is 7.06. The van der Waals surface area contributed by atoms with Crippen molar-refractivity contribution in [3.05, 3.63) is 35.4 Å². The van der Waals surface area contributed by atoms with Crippen molar-refractivity contribution in [1.29, 1.82) is 0 Å². The van der Waals surface area contributed by atoms with Crippen LogP contribution in [0.3, 0.4) is 0 Å². The second-order valence-electron chi connectivity index (χ2n) is 5.51. The Morgan fingerprint density at radius 1 is 1.11 bits per heavy atom.